The number of hydrogen-bond donors (Lipinski definition) is 0. The number of rotatable bonds is 4. The largest absolute Gasteiger partial charge is 0.325 e. The third-order valence-electron chi connectivity index (χ3n) is 4.63. The van der Waals surface area contributed by atoms with Gasteiger partial charge in [-0.1, -0.05) is 0 Å². The van der Waals surface area contributed by atoms with Crippen LogP contribution in [0.15, 0.2) is 6.33 Å². The summed E-state index contributed by atoms with van der Waals surface area (Å²) in [6, 6.07) is 0.769. The van der Waals surface area contributed by atoms with E-state index in [2.05, 4.69) is 14.8 Å². The molecule has 0 spiro atoms. The van der Waals surface area contributed by atoms with Crippen molar-refractivity contribution in [2.24, 2.45) is 0 Å². The molecule has 3 rings (SSSR count). The second-order valence-electron chi connectivity index (χ2n) is 6.07. The van der Waals surface area contributed by atoms with E-state index in [1.54, 1.807) is 0 Å². The average molecular weight is 291 g/mol. The van der Waals surface area contributed by atoms with Crippen LogP contribution in [0.3, 0.4) is 0 Å². The van der Waals surface area contributed by atoms with Crippen LogP contribution in [0.25, 0.3) is 0 Å². The van der Waals surface area contributed by atoms with E-state index in [1.807, 2.05) is 30.0 Å². The van der Waals surface area contributed by atoms with Gasteiger partial charge in [-0.2, -0.15) is 0 Å². The fraction of sp³-hybridized carbons (Fsp3) is 0.800. The third-order valence-corrected chi connectivity index (χ3v) is 4.63. The van der Waals surface area contributed by atoms with Gasteiger partial charge in [-0.15, -0.1) is 10.2 Å². The highest BCUT2D eigenvalue weighted by Gasteiger charge is 2.33. The third kappa shape index (κ3) is 2.89. The standard InChI is InChI=1S/C15H25N5O/c1-3-18(4-2)15(21)19-9-5-6-12(10-19)14-17-16-11-20(14)13-7-8-13/h11-13H,3-10H2,1-2H3/t12-/m0/s1. The lowest BCUT2D eigenvalue weighted by Gasteiger charge is -2.35. The minimum absolute atomic E-state index is 0.169. The Morgan fingerprint density at radius 1 is 1.33 bits per heavy atom. The highest BCUT2D eigenvalue weighted by Crippen LogP contribution is 2.38. The summed E-state index contributed by atoms with van der Waals surface area (Å²) >= 11 is 0. The van der Waals surface area contributed by atoms with Gasteiger partial charge in [0.2, 0.25) is 0 Å². The maximum atomic E-state index is 12.5. The first-order valence-electron chi connectivity index (χ1n) is 8.17. The van der Waals surface area contributed by atoms with E-state index in [-0.39, 0.29) is 6.03 Å². The van der Waals surface area contributed by atoms with E-state index < -0.39 is 0 Å². The van der Waals surface area contributed by atoms with Gasteiger partial charge >= 0.3 is 6.03 Å². The first kappa shape index (κ1) is 14.4. The molecule has 1 aromatic heterocycles. The van der Waals surface area contributed by atoms with Crippen LogP contribution in [0.5, 0.6) is 0 Å². The minimum atomic E-state index is 0.169. The zero-order valence-electron chi connectivity index (χ0n) is 13.0. The van der Waals surface area contributed by atoms with E-state index in [0.29, 0.717) is 12.0 Å². The molecule has 6 heteroatoms. The van der Waals surface area contributed by atoms with Gasteiger partial charge in [-0.05, 0) is 39.5 Å². The molecule has 0 aromatic carbocycles. The number of carbonyl (C=O) groups is 1. The highest BCUT2D eigenvalue weighted by molar-refractivity contribution is 5.74. The predicted octanol–water partition coefficient (Wildman–Crippen LogP) is 2.25. The van der Waals surface area contributed by atoms with Crippen molar-refractivity contribution in [2.45, 2.75) is 51.5 Å². The Morgan fingerprint density at radius 3 is 2.76 bits per heavy atom. The Hall–Kier alpha value is -1.59. The Labute approximate surface area is 126 Å². The van der Waals surface area contributed by atoms with Crippen molar-refractivity contribution in [2.75, 3.05) is 26.2 Å². The fourth-order valence-electron chi connectivity index (χ4n) is 3.23. The summed E-state index contributed by atoms with van der Waals surface area (Å²) in [5, 5.41) is 8.44. The van der Waals surface area contributed by atoms with Crippen LogP contribution >= 0.6 is 0 Å². The summed E-state index contributed by atoms with van der Waals surface area (Å²) < 4.78 is 2.23. The Balaban J connectivity index is 1.70. The number of hydrogen-bond acceptors (Lipinski definition) is 3. The quantitative estimate of drug-likeness (QED) is 0.855. The van der Waals surface area contributed by atoms with Gasteiger partial charge in [0.05, 0.1) is 0 Å². The average Bonchev–Trinajstić information content (AvgIpc) is 3.25. The van der Waals surface area contributed by atoms with Gasteiger partial charge in [0.1, 0.15) is 12.2 Å². The van der Waals surface area contributed by atoms with Crippen molar-refractivity contribution >= 4 is 6.03 Å². The number of urea groups is 1. The molecule has 1 atom stereocenters. The maximum Gasteiger partial charge on any atom is 0.320 e. The Kier molecular flexibility index (Phi) is 4.12. The maximum absolute atomic E-state index is 12.5. The van der Waals surface area contributed by atoms with Gasteiger partial charge in [0.15, 0.2) is 0 Å². The normalized spacial score (nSPS) is 22.4. The lowest BCUT2D eigenvalue weighted by molar-refractivity contribution is 0.141. The van der Waals surface area contributed by atoms with Crippen LogP contribution in [0.4, 0.5) is 4.79 Å². The van der Waals surface area contributed by atoms with Gasteiger partial charge in [0.25, 0.3) is 0 Å². The summed E-state index contributed by atoms with van der Waals surface area (Å²) in [7, 11) is 0. The zero-order valence-corrected chi connectivity index (χ0v) is 13.0. The van der Waals surface area contributed by atoms with Crippen molar-refractivity contribution < 1.29 is 4.79 Å². The molecule has 0 N–H and O–H groups in total. The molecular formula is C15H25N5O. The molecule has 0 unspecified atom stereocenters. The molecule has 6 nitrogen and oxygen atoms in total. The van der Waals surface area contributed by atoms with Crippen LogP contribution in [-0.2, 0) is 0 Å². The summed E-state index contributed by atoms with van der Waals surface area (Å²) in [5.74, 6) is 1.41. The number of likely N-dealkylation sites (tertiary alicyclic amines) is 1. The van der Waals surface area contributed by atoms with Crippen LogP contribution < -0.4 is 0 Å². The van der Waals surface area contributed by atoms with Gasteiger partial charge in [0, 0.05) is 38.1 Å². The molecular weight excluding hydrogens is 266 g/mol. The molecule has 1 aliphatic heterocycles. The van der Waals surface area contributed by atoms with E-state index in [0.717, 1.165) is 44.8 Å². The summed E-state index contributed by atoms with van der Waals surface area (Å²) in [4.78, 5) is 16.4. The van der Waals surface area contributed by atoms with Gasteiger partial charge in [-0.25, -0.2) is 4.79 Å². The number of piperidine rings is 1. The SMILES string of the molecule is CCN(CC)C(=O)N1CCC[C@H](c2nncn2C2CC2)C1. The molecule has 2 fully saturated rings. The van der Waals surface area contributed by atoms with E-state index in [4.69, 9.17) is 0 Å². The summed E-state index contributed by atoms with van der Waals surface area (Å²) in [6.07, 6.45) is 6.49. The first-order valence-corrected chi connectivity index (χ1v) is 8.17. The lowest BCUT2D eigenvalue weighted by atomic mass is 9.97. The molecule has 1 aromatic rings. The Bertz CT molecular complexity index is 492. The second kappa shape index (κ2) is 6.03. The molecule has 1 aliphatic carbocycles. The van der Waals surface area contributed by atoms with Gasteiger partial charge in [-0.3, -0.25) is 0 Å². The molecule has 0 radical (unpaired) electrons. The van der Waals surface area contributed by atoms with Crippen molar-refractivity contribution in [3.63, 3.8) is 0 Å². The van der Waals surface area contributed by atoms with Crippen molar-refractivity contribution in [1.82, 2.24) is 24.6 Å². The molecule has 2 amide bonds. The van der Waals surface area contributed by atoms with Crippen LogP contribution in [0.1, 0.15) is 57.3 Å². The number of carbonyl (C=O) groups excluding carboxylic acids is 1. The Morgan fingerprint density at radius 2 is 2.10 bits per heavy atom. The van der Waals surface area contributed by atoms with E-state index in [1.165, 1.54) is 12.8 Å². The molecule has 116 valence electrons. The molecule has 2 aliphatic rings. The highest BCUT2D eigenvalue weighted by atomic mass is 16.2. The molecule has 21 heavy (non-hydrogen) atoms. The second-order valence-corrected chi connectivity index (χ2v) is 6.07. The zero-order chi connectivity index (χ0) is 14.8. The van der Waals surface area contributed by atoms with Crippen LogP contribution in [0.2, 0.25) is 0 Å². The van der Waals surface area contributed by atoms with Crippen molar-refractivity contribution in [3.05, 3.63) is 12.2 Å². The predicted molar refractivity (Wildman–Crippen MR) is 80.2 cm³/mol. The molecule has 0 bridgehead atoms. The van der Waals surface area contributed by atoms with E-state index in [9.17, 15) is 4.79 Å². The summed E-state index contributed by atoms with van der Waals surface area (Å²) in [6.45, 7) is 7.26. The smallest absolute Gasteiger partial charge is 0.320 e. The fourth-order valence-corrected chi connectivity index (χ4v) is 3.23. The minimum Gasteiger partial charge on any atom is -0.325 e. The van der Waals surface area contributed by atoms with Crippen LogP contribution in [0, 0.1) is 0 Å². The molecule has 1 saturated heterocycles. The monoisotopic (exact) mass is 291 g/mol. The number of amides is 2. The van der Waals surface area contributed by atoms with E-state index >= 15 is 0 Å². The van der Waals surface area contributed by atoms with Crippen LogP contribution in [-0.4, -0.2) is 56.8 Å². The van der Waals surface area contributed by atoms with Crippen molar-refractivity contribution in [3.8, 4) is 0 Å². The van der Waals surface area contributed by atoms with Gasteiger partial charge < -0.3 is 14.4 Å². The lowest BCUT2D eigenvalue weighted by Crippen LogP contribution is -2.47. The molecule has 1 saturated carbocycles. The first-order chi connectivity index (χ1) is 10.2. The number of nitrogens with zero attached hydrogens (tertiary/aromatic N) is 5. The summed E-state index contributed by atoms with van der Waals surface area (Å²) in [5.41, 5.74) is 0. The topological polar surface area (TPSA) is 54.3 Å². The van der Waals surface area contributed by atoms with Crippen molar-refractivity contribution in [1.29, 1.82) is 0 Å². The molecule has 2 heterocycles. The number of aromatic nitrogens is 3.